The number of nitrogens with zero attached hydrogens (tertiary/aromatic N) is 4. The van der Waals surface area contributed by atoms with Crippen LogP contribution in [0.3, 0.4) is 0 Å². The number of carbonyl (C=O) groups is 4. The molecule has 320 valence electrons. The Bertz CT molecular complexity index is 2380. The van der Waals surface area contributed by atoms with Crippen LogP contribution < -0.4 is 10.6 Å². The normalized spacial score (nSPS) is 23.5. The molecule has 3 saturated carbocycles. The van der Waals surface area contributed by atoms with Crippen LogP contribution in [0, 0.1) is 11.8 Å². The van der Waals surface area contributed by atoms with Crippen molar-refractivity contribution in [3.8, 4) is 11.3 Å². The molecule has 4 atom stereocenters. The summed E-state index contributed by atoms with van der Waals surface area (Å²) in [6.07, 6.45) is 15.1. The summed E-state index contributed by atoms with van der Waals surface area (Å²) in [6, 6.07) is 26.3. The summed E-state index contributed by atoms with van der Waals surface area (Å²) in [5, 5.41) is 6.14. The SMILES string of the molecule is O=C(NC(C(=O)N1CCCC1c1ncc(-c2ccc(C3CCC(c4cnc(C5CCCN5C(=O)C(NC(=O)C5CC5)c5ccccc5)[nH]4)CC3)cc2)[nH]1)c1ccccc1)C1CC1. The summed E-state index contributed by atoms with van der Waals surface area (Å²) in [5.41, 5.74) is 6.07. The van der Waals surface area contributed by atoms with Crippen LogP contribution in [-0.2, 0) is 19.2 Å². The van der Waals surface area contributed by atoms with E-state index in [0.717, 1.165) is 117 Å². The number of carbonyl (C=O) groups excluding carboxylic acids is 4. The van der Waals surface area contributed by atoms with Crippen molar-refractivity contribution in [3.63, 3.8) is 0 Å². The quantitative estimate of drug-likeness (QED) is 0.0940. The molecule has 5 aliphatic rings. The number of aromatic amines is 2. The lowest BCUT2D eigenvalue weighted by molar-refractivity contribution is -0.138. The Morgan fingerprint density at radius 1 is 0.548 bits per heavy atom. The van der Waals surface area contributed by atoms with E-state index in [1.807, 2.05) is 82.9 Å². The van der Waals surface area contributed by atoms with Gasteiger partial charge in [-0.3, -0.25) is 19.2 Å². The molecule has 10 rings (SSSR count). The fraction of sp³-hybridized carbons (Fsp3) is 0.440. The third kappa shape index (κ3) is 8.43. The van der Waals surface area contributed by atoms with Crippen LogP contribution >= 0.6 is 0 Å². The third-order valence-electron chi connectivity index (χ3n) is 14.0. The maximum atomic E-state index is 14.1. The van der Waals surface area contributed by atoms with Gasteiger partial charge in [0.15, 0.2) is 0 Å². The van der Waals surface area contributed by atoms with Crippen LogP contribution in [-0.4, -0.2) is 66.5 Å². The van der Waals surface area contributed by atoms with Crippen molar-refractivity contribution in [2.24, 2.45) is 11.8 Å². The van der Waals surface area contributed by atoms with E-state index in [1.54, 1.807) is 0 Å². The molecular weight excluding hydrogens is 777 g/mol. The largest absolute Gasteiger partial charge is 0.344 e. The molecule has 2 saturated heterocycles. The Morgan fingerprint density at radius 3 is 1.55 bits per heavy atom. The van der Waals surface area contributed by atoms with Gasteiger partial charge >= 0.3 is 0 Å². The molecule has 12 heteroatoms. The number of rotatable bonds is 13. The highest BCUT2D eigenvalue weighted by atomic mass is 16.2. The molecule has 3 aromatic carbocycles. The highest BCUT2D eigenvalue weighted by Crippen LogP contribution is 2.42. The molecule has 5 aromatic rings. The van der Waals surface area contributed by atoms with Crippen LogP contribution in [0.5, 0.6) is 0 Å². The molecule has 4 N–H and O–H groups in total. The summed E-state index contributed by atoms with van der Waals surface area (Å²) in [7, 11) is 0. The summed E-state index contributed by atoms with van der Waals surface area (Å²) in [6.45, 7) is 1.27. The van der Waals surface area contributed by atoms with Crippen molar-refractivity contribution in [3.05, 3.63) is 131 Å². The molecule has 0 spiro atoms. The molecule has 62 heavy (non-hydrogen) atoms. The molecular formula is C50H56N8O4. The number of benzene rings is 3. The Kier molecular flexibility index (Phi) is 11.2. The molecule has 0 radical (unpaired) electrons. The van der Waals surface area contributed by atoms with Gasteiger partial charge in [-0.1, -0.05) is 84.9 Å². The maximum absolute atomic E-state index is 14.1. The lowest BCUT2D eigenvalue weighted by atomic mass is 9.77. The van der Waals surface area contributed by atoms with E-state index >= 15 is 0 Å². The van der Waals surface area contributed by atoms with E-state index in [4.69, 9.17) is 9.97 Å². The average Bonchev–Trinajstić information content (AvgIpc) is 4.07. The van der Waals surface area contributed by atoms with Crippen molar-refractivity contribution in [2.45, 2.75) is 113 Å². The van der Waals surface area contributed by atoms with E-state index in [1.165, 1.54) is 5.56 Å². The number of aromatic nitrogens is 4. The average molecular weight is 833 g/mol. The van der Waals surface area contributed by atoms with Gasteiger partial charge < -0.3 is 30.4 Å². The Morgan fingerprint density at radius 2 is 1.03 bits per heavy atom. The minimum atomic E-state index is -0.717. The second kappa shape index (κ2) is 17.4. The van der Waals surface area contributed by atoms with Gasteiger partial charge in [-0.15, -0.1) is 0 Å². The second-order valence-corrected chi connectivity index (χ2v) is 18.2. The molecule has 2 aromatic heterocycles. The van der Waals surface area contributed by atoms with Crippen LogP contribution in [0.4, 0.5) is 0 Å². The highest BCUT2D eigenvalue weighted by molar-refractivity contribution is 5.91. The minimum Gasteiger partial charge on any atom is -0.344 e. The van der Waals surface area contributed by atoms with Gasteiger partial charge in [0, 0.05) is 42.7 Å². The van der Waals surface area contributed by atoms with E-state index < -0.39 is 12.1 Å². The first-order valence-corrected chi connectivity index (χ1v) is 22.9. The summed E-state index contributed by atoms with van der Waals surface area (Å²) >= 11 is 0. The number of likely N-dealkylation sites (tertiary alicyclic amines) is 2. The van der Waals surface area contributed by atoms with E-state index in [0.29, 0.717) is 24.9 Å². The van der Waals surface area contributed by atoms with Gasteiger partial charge in [0.2, 0.25) is 23.6 Å². The predicted octanol–water partition coefficient (Wildman–Crippen LogP) is 8.10. The van der Waals surface area contributed by atoms with Crippen LogP contribution in [0.2, 0.25) is 0 Å². The van der Waals surface area contributed by atoms with Gasteiger partial charge in [0.1, 0.15) is 23.7 Å². The van der Waals surface area contributed by atoms with Crippen LogP contribution in [0.25, 0.3) is 11.3 Å². The second-order valence-electron chi connectivity index (χ2n) is 18.2. The lowest BCUT2D eigenvalue weighted by Crippen LogP contribution is -2.43. The zero-order valence-electron chi connectivity index (χ0n) is 35.2. The van der Waals surface area contributed by atoms with Crippen molar-refractivity contribution in [1.29, 1.82) is 0 Å². The Hall–Kier alpha value is -6.04. The Labute approximate surface area is 362 Å². The predicted molar refractivity (Wildman–Crippen MR) is 234 cm³/mol. The zero-order valence-corrected chi connectivity index (χ0v) is 35.2. The monoisotopic (exact) mass is 832 g/mol. The summed E-state index contributed by atoms with van der Waals surface area (Å²) in [4.78, 5) is 74.6. The zero-order chi connectivity index (χ0) is 42.2. The fourth-order valence-corrected chi connectivity index (χ4v) is 10.1. The smallest absolute Gasteiger partial charge is 0.250 e. The minimum absolute atomic E-state index is 0.0108. The van der Waals surface area contributed by atoms with Crippen molar-refractivity contribution in [2.75, 3.05) is 13.1 Å². The van der Waals surface area contributed by atoms with Crippen molar-refractivity contribution in [1.82, 2.24) is 40.4 Å². The van der Waals surface area contributed by atoms with Gasteiger partial charge in [-0.2, -0.15) is 0 Å². The summed E-state index contributed by atoms with van der Waals surface area (Å²) < 4.78 is 0. The standard InChI is InChI=1S/C50H56N8O4/c59-47(37-23-24-37)55-43(35-9-3-1-4-10-35)49(61)57-27-7-13-41(57)45-51-29-39(53-45)33-19-15-31(16-20-33)32-17-21-34(22-18-32)40-30-52-46(54-40)42-14-8-28-58(42)50(62)44(36-11-5-2-6-12-36)56-48(60)38-25-26-38/h1-6,9-12,15-16,19-20,29-30,32,34,37-38,41-44H,7-8,13-14,17-18,21-28H2,(H,51,53)(H,52,54)(H,55,59)(H,56,60). The molecule has 5 fully saturated rings. The van der Waals surface area contributed by atoms with E-state index in [2.05, 4.69) is 44.9 Å². The summed E-state index contributed by atoms with van der Waals surface area (Å²) in [5.74, 6) is 2.27. The third-order valence-corrected chi connectivity index (χ3v) is 14.0. The lowest BCUT2D eigenvalue weighted by Gasteiger charge is -2.29. The molecule has 3 aliphatic carbocycles. The van der Waals surface area contributed by atoms with E-state index in [-0.39, 0.29) is 47.5 Å². The van der Waals surface area contributed by atoms with Crippen molar-refractivity contribution >= 4 is 23.6 Å². The first kappa shape index (κ1) is 40.1. The maximum Gasteiger partial charge on any atom is 0.250 e. The van der Waals surface area contributed by atoms with Gasteiger partial charge in [0.25, 0.3) is 0 Å². The first-order valence-electron chi connectivity index (χ1n) is 22.9. The number of hydrogen-bond donors (Lipinski definition) is 4. The number of imidazole rings is 2. The van der Waals surface area contributed by atoms with Gasteiger partial charge in [0.05, 0.1) is 24.0 Å². The van der Waals surface area contributed by atoms with Crippen LogP contribution in [0.1, 0.15) is 147 Å². The number of H-pyrrole nitrogens is 2. The molecule has 2 aliphatic heterocycles. The number of nitrogens with one attached hydrogen (secondary N) is 4. The first-order chi connectivity index (χ1) is 30.4. The molecule has 4 amide bonds. The molecule has 4 unspecified atom stereocenters. The molecule has 4 heterocycles. The van der Waals surface area contributed by atoms with Gasteiger partial charge in [-0.25, -0.2) is 9.97 Å². The fourth-order valence-electron chi connectivity index (χ4n) is 10.1. The van der Waals surface area contributed by atoms with Crippen molar-refractivity contribution < 1.29 is 19.2 Å². The Balaban J connectivity index is 0.756. The topological polar surface area (TPSA) is 156 Å². The highest BCUT2D eigenvalue weighted by Gasteiger charge is 2.41. The molecule has 12 nitrogen and oxygen atoms in total. The van der Waals surface area contributed by atoms with Crippen LogP contribution in [0.15, 0.2) is 97.3 Å². The van der Waals surface area contributed by atoms with Gasteiger partial charge in [-0.05, 0) is 105 Å². The van der Waals surface area contributed by atoms with E-state index in [9.17, 15) is 19.2 Å². The molecule has 0 bridgehead atoms. The number of hydrogen-bond acceptors (Lipinski definition) is 6. The number of amides is 4.